The van der Waals surface area contributed by atoms with Crippen LogP contribution in [-0.2, 0) is 6.42 Å². The van der Waals surface area contributed by atoms with E-state index in [1.165, 1.54) is 24.1 Å². The highest BCUT2D eigenvalue weighted by Gasteiger charge is 2.25. The number of carbonyl (C=O) groups excluding carboxylic acids is 1. The Hall–Kier alpha value is -2.00. The molecule has 0 spiro atoms. The number of hydrogen-bond acceptors (Lipinski definition) is 2. The highest BCUT2D eigenvalue weighted by molar-refractivity contribution is 6.07. The minimum atomic E-state index is 0. The molecule has 2 heterocycles. The summed E-state index contributed by atoms with van der Waals surface area (Å²) in [5.74, 6) is 0.116. The van der Waals surface area contributed by atoms with Gasteiger partial charge in [-0.15, -0.1) is 12.4 Å². The van der Waals surface area contributed by atoms with Crippen molar-refractivity contribution in [2.45, 2.75) is 25.7 Å². The lowest BCUT2D eigenvalue weighted by Gasteiger charge is -2.31. The molecule has 0 saturated carbocycles. The third kappa shape index (κ3) is 3.13. The zero-order valence-corrected chi connectivity index (χ0v) is 14.6. The molecular weight excluding hydrogens is 320 g/mol. The molecule has 3 nitrogen and oxygen atoms in total. The van der Waals surface area contributed by atoms with Gasteiger partial charge in [-0.05, 0) is 55.5 Å². The van der Waals surface area contributed by atoms with Crippen molar-refractivity contribution in [2.24, 2.45) is 0 Å². The average Bonchev–Trinajstić information content (AvgIpc) is 3.15. The van der Waals surface area contributed by atoms with E-state index in [2.05, 4.69) is 23.1 Å². The summed E-state index contributed by atoms with van der Waals surface area (Å²) in [5.41, 5.74) is 4.43. The summed E-state index contributed by atoms with van der Waals surface area (Å²) in [7, 11) is 0. The van der Waals surface area contributed by atoms with Crippen molar-refractivity contribution in [1.29, 1.82) is 0 Å². The largest absolute Gasteiger partial charge is 0.371 e. The van der Waals surface area contributed by atoms with E-state index in [-0.39, 0.29) is 18.3 Å². The number of amides is 1. The van der Waals surface area contributed by atoms with Gasteiger partial charge < -0.3 is 9.80 Å². The first-order chi connectivity index (χ1) is 11.3. The molecule has 1 fully saturated rings. The van der Waals surface area contributed by atoms with Gasteiger partial charge in [-0.25, -0.2) is 0 Å². The molecule has 0 aromatic heterocycles. The van der Waals surface area contributed by atoms with Crippen molar-refractivity contribution in [3.63, 3.8) is 0 Å². The van der Waals surface area contributed by atoms with Gasteiger partial charge in [0.1, 0.15) is 0 Å². The van der Waals surface area contributed by atoms with E-state index >= 15 is 0 Å². The van der Waals surface area contributed by atoms with Gasteiger partial charge in [0.25, 0.3) is 5.91 Å². The van der Waals surface area contributed by atoms with Crippen LogP contribution >= 0.6 is 12.4 Å². The molecule has 126 valence electrons. The van der Waals surface area contributed by atoms with Crippen LogP contribution in [0.1, 0.15) is 35.2 Å². The molecule has 0 aliphatic carbocycles. The first kappa shape index (κ1) is 16.8. The summed E-state index contributed by atoms with van der Waals surface area (Å²) >= 11 is 0. The number of aryl methyl sites for hydroxylation is 1. The van der Waals surface area contributed by atoms with Crippen molar-refractivity contribution in [1.82, 2.24) is 0 Å². The van der Waals surface area contributed by atoms with Crippen LogP contribution in [0.3, 0.4) is 0 Å². The summed E-state index contributed by atoms with van der Waals surface area (Å²) in [6, 6.07) is 16.3. The van der Waals surface area contributed by atoms with Crippen LogP contribution in [-0.4, -0.2) is 25.5 Å². The zero-order chi connectivity index (χ0) is 15.6. The molecule has 1 saturated heterocycles. The predicted octanol–water partition coefficient (Wildman–Crippen LogP) is 4.30. The van der Waals surface area contributed by atoms with Gasteiger partial charge in [0.05, 0.1) is 0 Å². The number of rotatable bonds is 2. The van der Waals surface area contributed by atoms with Crippen molar-refractivity contribution in [3.05, 3.63) is 59.7 Å². The lowest BCUT2D eigenvalue weighted by atomic mass is 10.00. The number of carbonyl (C=O) groups is 1. The quantitative estimate of drug-likeness (QED) is 0.812. The van der Waals surface area contributed by atoms with Crippen LogP contribution in [0, 0.1) is 0 Å². The molecular formula is C20H23ClN2O. The fraction of sp³-hybridized carbons (Fsp3) is 0.350. The number of benzene rings is 2. The molecule has 0 unspecified atom stereocenters. The Kier molecular flexibility index (Phi) is 5.10. The SMILES string of the molecule is Cl.O=C(c1ccccc1)N1CCCc2ccc(N3CCCC3)cc21. The van der Waals surface area contributed by atoms with Gasteiger partial charge in [-0.3, -0.25) is 4.79 Å². The van der Waals surface area contributed by atoms with Gasteiger partial charge in [0.2, 0.25) is 0 Å². The molecule has 2 aliphatic heterocycles. The summed E-state index contributed by atoms with van der Waals surface area (Å²) in [6.07, 6.45) is 4.64. The van der Waals surface area contributed by atoms with Crippen molar-refractivity contribution < 1.29 is 4.79 Å². The van der Waals surface area contributed by atoms with Crippen molar-refractivity contribution in [2.75, 3.05) is 29.4 Å². The molecule has 0 bridgehead atoms. The fourth-order valence-corrected chi connectivity index (χ4v) is 3.68. The Morgan fingerprint density at radius 2 is 1.62 bits per heavy atom. The maximum atomic E-state index is 12.9. The maximum absolute atomic E-state index is 12.9. The van der Waals surface area contributed by atoms with E-state index in [1.54, 1.807) is 0 Å². The Bertz CT molecular complexity index is 711. The van der Waals surface area contributed by atoms with Crippen molar-refractivity contribution in [3.8, 4) is 0 Å². The van der Waals surface area contributed by atoms with Crippen LogP contribution in [0.25, 0.3) is 0 Å². The molecule has 1 amide bonds. The average molecular weight is 343 g/mol. The predicted molar refractivity (Wildman–Crippen MR) is 102 cm³/mol. The third-order valence-corrected chi connectivity index (χ3v) is 4.92. The first-order valence-electron chi connectivity index (χ1n) is 8.58. The van der Waals surface area contributed by atoms with Crippen LogP contribution in [0.2, 0.25) is 0 Å². The molecule has 0 atom stereocenters. The van der Waals surface area contributed by atoms with E-state index in [0.717, 1.165) is 43.7 Å². The fourth-order valence-electron chi connectivity index (χ4n) is 3.68. The Morgan fingerprint density at radius 1 is 0.875 bits per heavy atom. The Morgan fingerprint density at radius 3 is 2.38 bits per heavy atom. The van der Waals surface area contributed by atoms with E-state index in [4.69, 9.17) is 0 Å². The first-order valence-corrected chi connectivity index (χ1v) is 8.58. The maximum Gasteiger partial charge on any atom is 0.258 e. The lowest BCUT2D eigenvalue weighted by molar-refractivity contribution is 0.0985. The van der Waals surface area contributed by atoms with Crippen LogP contribution in [0.5, 0.6) is 0 Å². The van der Waals surface area contributed by atoms with E-state index in [9.17, 15) is 4.79 Å². The zero-order valence-electron chi connectivity index (χ0n) is 13.8. The van der Waals surface area contributed by atoms with E-state index < -0.39 is 0 Å². The molecule has 4 rings (SSSR count). The van der Waals surface area contributed by atoms with Crippen molar-refractivity contribution >= 4 is 29.7 Å². The van der Waals surface area contributed by atoms with Gasteiger partial charge in [-0.2, -0.15) is 0 Å². The monoisotopic (exact) mass is 342 g/mol. The minimum Gasteiger partial charge on any atom is -0.371 e. The molecule has 2 aliphatic rings. The second-order valence-electron chi connectivity index (χ2n) is 6.43. The van der Waals surface area contributed by atoms with E-state index in [1.807, 2.05) is 35.2 Å². The number of anilines is 2. The standard InChI is InChI=1S/C20H22N2O.ClH/c23-20(17-7-2-1-3-8-17)22-14-6-9-16-10-11-18(15-19(16)22)21-12-4-5-13-21;/h1-3,7-8,10-11,15H,4-6,9,12-14H2;1H. The third-order valence-electron chi connectivity index (χ3n) is 4.92. The smallest absolute Gasteiger partial charge is 0.258 e. The van der Waals surface area contributed by atoms with Crippen LogP contribution in [0.4, 0.5) is 11.4 Å². The summed E-state index contributed by atoms with van der Waals surface area (Å²) in [5, 5.41) is 0. The number of nitrogens with zero attached hydrogens (tertiary/aromatic N) is 2. The summed E-state index contributed by atoms with van der Waals surface area (Å²) < 4.78 is 0. The molecule has 0 N–H and O–H groups in total. The Labute approximate surface area is 149 Å². The van der Waals surface area contributed by atoms with Crippen LogP contribution in [0.15, 0.2) is 48.5 Å². The van der Waals surface area contributed by atoms with Crippen LogP contribution < -0.4 is 9.80 Å². The molecule has 0 radical (unpaired) electrons. The number of fused-ring (bicyclic) bond motifs is 1. The number of hydrogen-bond donors (Lipinski definition) is 0. The summed E-state index contributed by atoms with van der Waals surface area (Å²) in [6.45, 7) is 3.07. The van der Waals surface area contributed by atoms with E-state index in [0.29, 0.717) is 0 Å². The topological polar surface area (TPSA) is 23.6 Å². The van der Waals surface area contributed by atoms with Gasteiger partial charge in [-0.1, -0.05) is 24.3 Å². The molecule has 4 heteroatoms. The second-order valence-corrected chi connectivity index (χ2v) is 6.43. The van der Waals surface area contributed by atoms with Gasteiger partial charge >= 0.3 is 0 Å². The second kappa shape index (κ2) is 7.27. The van der Waals surface area contributed by atoms with Gasteiger partial charge in [0, 0.05) is 36.6 Å². The normalized spacial score (nSPS) is 16.5. The Balaban J connectivity index is 0.00000169. The molecule has 2 aromatic rings. The highest BCUT2D eigenvalue weighted by Crippen LogP contribution is 2.33. The summed E-state index contributed by atoms with van der Waals surface area (Å²) in [4.78, 5) is 17.3. The molecule has 2 aromatic carbocycles. The minimum absolute atomic E-state index is 0. The number of halogens is 1. The molecule has 24 heavy (non-hydrogen) atoms. The lowest BCUT2D eigenvalue weighted by Crippen LogP contribution is -2.35. The highest BCUT2D eigenvalue weighted by atomic mass is 35.5. The van der Waals surface area contributed by atoms with Gasteiger partial charge in [0.15, 0.2) is 0 Å².